The Bertz CT molecular complexity index is 986. The number of hydrogen-bond donors (Lipinski definition) is 0. The summed E-state index contributed by atoms with van der Waals surface area (Å²) in [4.78, 5) is 25.0. The fourth-order valence-corrected chi connectivity index (χ4v) is 2.68. The van der Waals surface area contributed by atoms with E-state index in [2.05, 4.69) is 0 Å². The topological polar surface area (TPSA) is 72.7 Å². The van der Waals surface area contributed by atoms with Crippen molar-refractivity contribution in [3.63, 3.8) is 0 Å². The van der Waals surface area contributed by atoms with Gasteiger partial charge in [-0.15, -0.1) is 0 Å². The Morgan fingerprint density at radius 2 is 1.67 bits per heavy atom. The third-order valence-corrected chi connectivity index (χ3v) is 4.16. The number of nitro benzene ring substituents is 1. The summed E-state index contributed by atoms with van der Waals surface area (Å²) in [5.41, 5.74) is 1.39. The van der Waals surface area contributed by atoms with Gasteiger partial charge < -0.3 is 9.64 Å². The summed E-state index contributed by atoms with van der Waals surface area (Å²) >= 11 is 0. The molecule has 0 bridgehead atoms. The van der Waals surface area contributed by atoms with Crippen molar-refractivity contribution in [1.29, 1.82) is 0 Å². The Morgan fingerprint density at radius 1 is 1.00 bits per heavy atom. The Labute approximate surface area is 156 Å². The molecule has 6 nitrogen and oxygen atoms in total. The zero-order chi connectivity index (χ0) is 19.4. The molecule has 0 N–H and O–H groups in total. The Hall–Kier alpha value is -3.67. The summed E-state index contributed by atoms with van der Waals surface area (Å²) in [5, 5.41) is 11.0. The van der Waals surface area contributed by atoms with Gasteiger partial charge in [0.2, 0.25) is 0 Å². The van der Waals surface area contributed by atoms with Gasteiger partial charge >= 0.3 is 0 Å². The van der Waals surface area contributed by atoms with Gasteiger partial charge in [-0.25, -0.2) is 0 Å². The number of amides is 1. The number of ether oxygens (including phenoxy) is 1. The van der Waals surface area contributed by atoms with E-state index in [-0.39, 0.29) is 17.2 Å². The van der Waals surface area contributed by atoms with Crippen LogP contribution in [-0.4, -0.2) is 17.9 Å². The highest BCUT2D eigenvalue weighted by Crippen LogP contribution is 2.32. The van der Waals surface area contributed by atoms with E-state index in [1.54, 1.807) is 38.2 Å². The molecule has 1 amide bonds. The monoisotopic (exact) mass is 362 g/mol. The summed E-state index contributed by atoms with van der Waals surface area (Å²) in [6.45, 7) is 1.75. The zero-order valence-electron chi connectivity index (χ0n) is 15.0. The molecule has 0 aliphatic carbocycles. The highest BCUT2D eigenvalue weighted by atomic mass is 16.6. The van der Waals surface area contributed by atoms with Gasteiger partial charge in [0.25, 0.3) is 11.6 Å². The van der Waals surface area contributed by atoms with Crippen LogP contribution in [0.2, 0.25) is 0 Å². The molecule has 0 aromatic heterocycles. The first-order valence-corrected chi connectivity index (χ1v) is 8.32. The van der Waals surface area contributed by atoms with Crippen LogP contribution in [-0.2, 0) is 0 Å². The summed E-state index contributed by atoms with van der Waals surface area (Å²) < 4.78 is 5.91. The third kappa shape index (κ3) is 3.95. The molecule has 3 aromatic rings. The summed E-state index contributed by atoms with van der Waals surface area (Å²) in [6, 6.07) is 20.7. The number of rotatable bonds is 5. The van der Waals surface area contributed by atoms with Gasteiger partial charge in [0, 0.05) is 24.7 Å². The van der Waals surface area contributed by atoms with Crippen LogP contribution in [0.25, 0.3) is 0 Å². The highest BCUT2D eigenvalue weighted by Gasteiger charge is 2.21. The van der Waals surface area contributed by atoms with Gasteiger partial charge in [0.1, 0.15) is 5.75 Å². The largest absolute Gasteiger partial charge is 0.455 e. The van der Waals surface area contributed by atoms with Crippen molar-refractivity contribution in [1.82, 2.24) is 0 Å². The average Bonchev–Trinajstić information content (AvgIpc) is 2.68. The van der Waals surface area contributed by atoms with Crippen molar-refractivity contribution in [2.75, 3.05) is 11.9 Å². The Morgan fingerprint density at radius 3 is 2.37 bits per heavy atom. The molecule has 0 aliphatic rings. The minimum absolute atomic E-state index is 0.119. The van der Waals surface area contributed by atoms with E-state index in [1.807, 2.05) is 36.4 Å². The molecule has 3 rings (SSSR count). The summed E-state index contributed by atoms with van der Waals surface area (Å²) in [5.74, 6) is 0.820. The smallest absolute Gasteiger partial charge is 0.270 e. The van der Waals surface area contributed by atoms with E-state index in [9.17, 15) is 14.9 Å². The van der Waals surface area contributed by atoms with Crippen LogP contribution >= 0.6 is 0 Å². The standard InChI is InChI=1S/C21H18N2O4/c1-15-12-13-16(23(25)26)14-18(15)21(24)22(2)19-10-6-7-11-20(19)27-17-8-4-3-5-9-17/h3-14H,1-2H3. The molecule has 27 heavy (non-hydrogen) atoms. The van der Waals surface area contributed by atoms with E-state index in [4.69, 9.17) is 4.74 Å². The molecule has 0 unspecified atom stereocenters. The van der Waals surface area contributed by atoms with E-state index >= 15 is 0 Å². The molecule has 0 atom stereocenters. The molecule has 0 aliphatic heterocycles. The van der Waals surface area contributed by atoms with Crippen LogP contribution in [0.5, 0.6) is 11.5 Å². The predicted molar refractivity (Wildman–Crippen MR) is 104 cm³/mol. The van der Waals surface area contributed by atoms with E-state index < -0.39 is 4.92 Å². The van der Waals surface area contributed by atoms with Crippen LogP contribution in [0.3, 0.4) is 0 Å². The number of aryl methyl sites for hydroxylation is 1. The van der Waals surface area contributed by atoms with Crippen molar-refractivity contribution in [3.05, 3.63) is 94.0 Å². The molecular weight excluding hydrogens is 344 g/mol. The predicted octanol–water partition coefficient (Wildman–Crippen LogP) is 4.97. The number of carbonyl (C=O) groups excluding carboxylic acids is 1. The molecule has 136 valence electrons. The van der Waals surface area contributed by atoms with Crippen molar-refractivity contribution in [3.8, 4) is 11.5 Å². The number of carbonyl (C=O) groups is 1. The summed E-state index contributed by atoms with van der Waals surface area (Å²) in [6.07, 6.45) is 0. The van der Waals surface area contributed by atoms with Crippen molar-refractivity contribution in [2.24, 2.45) is 0 Å². The minimum atomic E-state index is -0.511. The SMILES string of the molecule is Cc1ccc([N+](=O)[O-])cc1C(=O)N(C)c1ccccc1Oc1ccccc1. The maximum atomic E-state index is 13.0. The van der Waals surface area contributed by atoms with Gasteiger partial charge in [0.05, 0.1) is 10.6 Å². The molecule has 0 spiro atoms. The maximum Gasteiger partial charge on any atom is 0.270 e. The number of non-ortho nitro benzene ring substituents is 1. The molecule has 6 heteroatoms. The number of hydrogen-bond acceptors (Lipinski definition) is 4. The van der Waals surface area contributed by atoms with Gasteiger partial charge in [-0.05, 0) is 36.8 Å². The second-order valence-electron chi connectivity index (χ2n) is 6.00. The van der Waals surface area contributed by atoms with E-state index in [0.29, 0.717) is 22.7 Å². The van der Waals surface area contributed by atoms with Crippen LogP contribution < -0.4 is 9.64 Å². The third-order valence-electron chi connectivity index (χ3n) is 4.16. The first-order chi connectivity index (χ1) is 13.0. The minimum Gasteiger partial charge on any atom is -0.455 e. The molecule has 0 fully saturated rings. The van der Waals surface area contributed by atoms with Gasteiger partial charge in [-0.3, -0.25) is 14.9 Å². The van der Waals surface area contributed by atoms with Crippen LogP contribution in [0.1, 0.15) is 15.9 Å². The molecule has 0 radical (unpaired) electrons. The van der Waals surface area contributed by atoms with Gasteiger partial charge in [0.15, 0.2) is 5.75 Å². The second kappa shape index (κ2) is 7.70. The second-order valence-corrected chi connectivity index (χ2v) is 6.00. The molecule has 0 saturated carbocycles. The number of nitro groups is 1. The zero-order valence-corrected chi connectivity index (χ0v) is 15.0. The fraction of sp³-hybridized carbons (Fsp3) is 0.0952. The Kier molecular flexibility index (Phi) is 5.17. The van der Waals surface area contributed by atoms with Crippen LogP contribution in [0, 0.1) is 17.0 Å². The molecule has 0 saturated heterocycles. The van der Waals surface area contributed by atoms with Crippen LogP contribution in [0.15, 0.2) is 72.8 Å². The van der Waals surface area contributed by atoms with Crippen molar-refractivity contribution < 1.29 is 14.5 Å². The lowest BCUT2D eigenvalue weighted by molar-refractivity contribution is -0.384. The van der Waals surface area contributed by atoms with E-state index in [1.165, 1.54) is 17.0 Å². The lowest BCUT2D eigenvalue weighted by Crippen LogP contribution is -2.27. The first kappa shape index (κ1) is 18.1. The number of anilines is 1. The molecule has 0 heterocycles. The summed E-state index contributed by atoms with van der Waals surface area (Å²) in [7, 11) is 1.62. The van der Waals surface area contributed by atoms with Crippen molar-refractivity contribution in [2.45, 2.75) is 6.92 Å². The average molecular weight is 362 g/mol. The van der Waals surface area contributed by atoms with E-state index in [0.717, 1.165) is 0 Å². The lowest BCUT2D eigenvalue weighted by Gasteiger charge is -2.21. The lowest BCUT2D eigenvalue weighted by atomic mass is 10.1. The van der Waals surface area contributed by atoms with Crippen molar-refractivity contribution >= 4 is 17.3 Å². The number of nitrogens with zero attached hydrogens (tertiary/aromatic N) is 2. The first-order valence-electron chi connectivity index (χ1n) is 8.32. The Balaban J connectivity index is 1.94. The number of benzene rings is 3. The highest BCUT2D eigenvalue weighted by molar-refractivity contribution is 6.07. The van der Waals surface area contributed by atoms with Gasteiger partial charge in [-0.2, -0.15) is 0 Å². The molecule has 3 aromatic carbocycles. The van der Waals surface area contributed by atoms with Gasteiger partial charge in [-0.1, -0.05) is 36.4 Å². The maximum absolute atomic E-state index is 13.0. The normalized spacial score (nSPS) is 10.3. The van der Waals surface area contributed by atoms with Crippen LogP contribution in [0.4, 0.5) is 11.4 Å². The number of para-hydroxylation sites is 3. The fourth-order valence-electron chi connectivity index (χ4n) is 2.68. The quantitative estimate of drug-likeness (QED) is 0.474. The molecular formula is C21H18N2O4.